The number of hydrogen-bond donors (Lipinski definition) is 0. The normalized spacial score (nSPS) is 17.1. The highest BCUT2D eigenvalue weighted by atomic mass is 31.2. The second-order valence-corrected chi connectivity index (χ2v) is 15.2. The number of benzene rings is 3. The number of carbonyl (C=O) groups excluding carboxylic acids is 5. The molecule has 0 saturated heterocycles. The number of carbonyl (C=O) groups is 5. The summed E-state index contributed by atoms with van der Waals surface area (Å²) in [5.74, 6) is -2.33. The lowest BCUT2D eigenvalue weighted by Crippen LogP contribution is -2.34. The van der Waals surface area contributed by atoms with Crippen LogP contribution in [0.5, 0.6) is 0 Å². The zero-order chi connectivity index (χ0) is 35.2. The molecule has 0 radical (unpaired) electrons. The highest BCUT2D eigenvalue weighted by Gasteiger charge is 2.45. The van der Waals surface area contributed by atoms with Crippen molar-refractivity contribution in [3.05, 3.63) is 112 Å². The van der Waals surface area contributed by atoms with Crippen LogP contribution in [0.2, 0.25) is 0 Å². The molecule has 4 rings (SSSR count). The van der Waals surface area contributed by atoms with Gasteiger partial charge in [-0.1, -0.05) is 79.6 Å². The minimum absolute atomic E-state index is 0.0142. The lowest BCUT2D eigenvalue weighted by molar-refractivity contribution is -0.156. The summed E-state index contributed by atoms with van der Waals surface area (Å²) >= 11 is 0. The first kappa shape index (κ1) is 36.4. The standard InChI is InChI=1S/C39H43O8P/c1-7-34(41)46-18-17-33(40)31-15-11-12-16-32(31)37(42)47-23-29-21-27(5)36(28(6)22-29)39(44)48(45,30-13-9-8-10-14-30)38(43)35-25(3)19-24(2)20-26(35)4/h7-10,13-14,19-22,31-32H,1,11-12,15-18,23H2,2-6H3. The minimum atomic E-state index is -4.34. The van der Waals surface area contributed by atoms with Gasteiger partial charge < -0.3 is 14.0 Å². The molecule has 8 nitrogen and oxygen atoms in total. The van der Waals surface area contributed by atoms with E-state index >= 15 is 0 Å². The van der Waals surface area contributed by atoms with Gasteiger partial charge in [-0.25, -0.2) is 4.79 Å². The van der Waals surface area contributed by atoms with Gasteiger partial charge >= 0.3 is 11.9 Å². The van der Waals surface area contributed by atoms with Crippen molar-refractivity contribution in [2.75, 3.05) is 6.61 Å². The van der Waals surface area contributed by atoms with Crippen molar-refractivity contribution in [2.24, 2.45) is 11.8 Å². The van der Waals surface area contributed by atoms with E-state index in [-0.39, 0.29) is 41.8 Å². The summed E-state index contributed by atoms with van der Waals surface area (Å²) in [4.78, 5) is 66.1. The van der Waals surface area contributed by atoms with Gasteiger partial charge in [0.25, 0.3) is 0 Å². The third-order valence-electron chi connectivity index (χ3n) is 9.01. The summed E-state index contributed by atoms with van der Waals surface area (Å²) in [7, 11) is -4.34. The predicted octanol–water partition coefficient (Wildman–Crippen LogP) is 7.44. The van der Waals surface area contributed by atoms with E-state index in [0.717, 1.165) is 24.5 Å². The Morgan fingerprint density at radius 2 is 1.29 bits per heavy atom. The minimum Gasteiger partial charge on any atom is -0.462 e. The van der Waals surface area contributed by atoms with Gasteiger partial charge in [0.1, 0.15) is 12.4 Å². The molecule has 3 unspecified atom stereocenters. The SMILES string of the molecule is C=CC(=O)OCCC(=O)C1CCCCC1C(=O)OCc1cc(C)c(C(=O)P(=O)(C(=O)c2c(C)cc(C)cc2C)c2ccccc2)c(C)c1. The molecule has 0 spiro atoms. The molecule has 1 aliphatic rings. The smallest absolute Gasteiger partial charge is 0.330 e. The van der Waals surface area contributed by atoms with Gasteiger partial charge in [-0.2, -0.15) is 0 Å². The summed E-state index contributed by atoms with van der Waals surface area (Å²) in [5.41, 5.74) is 2.97. The Morgan fingerprint density at radius 3 is 1.83 bits per heavy atom. The Balaban J connectivity index is 1.57. The van der Waals surface area contributed by atoms with Crippen LogP contribution in [-0.4, -0.2) is 35.4 Å². The van der Waals surface area contributed by atoms with Gasteiger partial charge in [-0.05, 0) is 75.3 Å². The molecule has 0 aromatic heterocycles. The van der Waals surface area contributed by atoms with Crippen molar-refractivity contribution in [1.29, 1.82) is 0 Å². The molecule has 0 N–H and O–H groups in total. The average molecular weight is 671 g/mol. The number of Topliss-reactive ketones (excluding diaryl/α,β-unsaturated/α-hetero) is 1. The van der Waals surface area contributed by atoms with E-state index in [1.807, 2.05) is 19.1 Å². The second-order valence-electron chi connectivity index (χ2n) is 12.6. The van der Waals surface area contributed by atoms with Crippen LogP contribution in [0.4, 0.5) is 0 Å². The molecule has 9 heteroatoms. The van der Waals surface area contributed by atoms with E-state index in [1.54, 1.807) is 70.2 Å². The van der Waals surface area contributed by atoms with Crippen LogP contribution in [0.15, 0.2) is 67.3 Å². The lowest BCUT2D eigenvalue weighted by atomic mass is 9.76. The van der Waals surface area contributed by atoms with E-state index in [4.69, 9.17) is 9.47 Å². The van der Waals surface area contributed by atoms with Crippen LogP contribution in [-0.2, 0) is 35.0 Å². The Morgan fingerprint density at radius 1 is 0.771 bits per heavy atom. The number of ketones is 1. The molecule has 252 valence electrons. The third kappa shape index (κ3) is 7.82. The Kier molecular flexibility index (Phi) is 11.9. The van der Waals surface area contributed by atoms with Crippen molar-refractivity contribution in [3.8, 4) is 0 Å². The molecule has 48 heavy (non-hydrogen) atoms. The maximum atomic E-state index is 15.0. The number of aryl methyl sites for hydroxylation is 5. The molecule has 0 amide bonds. The zero-order valence-corrected chi connectivity index (χ0v) is 29.2. The van der Waals surface area contributed by atoms with Crippen LogP contribution in [0, 0.1) is 46.5 Å². The number of esters is 2. The molecule has 3 aromatic carbocycles. The Bertz CT molecular complexity index is 1760. The van der Waals surface area contributed by atoms with E-state index in [1.165, 1.54) is 0 Å². The van der Waals surface area contributed by atoms with Crippen LogP contribution >= 0.6 is 7.14 Å². The highest BCUT2D eigenvalue weighted by Crippen LogP contribution is 2.52. The fourth-order valence-electron chi connectivity index (χ4n) is 6.83. The largest absolute Gasteiger partial charge is 0.462 e. The Labute approximate surface area is 282 Å². The predicted molar refractivity (Wildman–Crippen MR) is 185 cm³/mol. The first-order chi connectivity index (χ1) is 22.8. The van der Waals surface area contributed by atoms with Gasteiger partial charge in [0.05, 0.1) is 12.5 Å². The summed E-state index contributed by atoms with van der Waals surface area (Å²) in [6.45, 7) is 12.1. The van der Waals surface area contributed by atoms with Gasteiger partial charge in [0.2, 0.25) is 18.2 Å². The monoisotopic (exact) mass is 670 g/mol. The second kappa shape index (κ2) is 15.7. The first-order valence-electron chi connectivity index (χ1n) is 16.2. The number of hydrogen-bond acceptors (Lipinski definition) is 8. The van der Waals surface area contributed by atoms with Crippen molar-refractivity contribution >= 4 is 41.2 Å². The fourth-order valence-corrected chi connectivity index (χ4v) is 9.41. The molecular formula is C39H43O8P. The molecular weight excluding hydrogens is 627 g/mol. The summed E-state index contributed by atoms with van der Waals surface area (Å²) in [5, 5.41) is 0.173. The lowest BCUT2D eigenvalue weighted by Gasteiger charge is -2.29. The van der Waals surface area contributed by atoms with Crippen molar-refractivity contribution < 1.29 is 38.0 Å². The molecule has 0 aliphatic heterocycles. The molecule has 1 saturated carbocycles. The summed E-state index contributed by atoms with van der Waals surface area (Å²) in [6.07, 6.45) is 3.75. The third-order valence-corrected chi connectivity index (χ3v) is 11.6. The zero-order valence-electron chi connectivity index (χ0n) is 28.3. The van der Waals surface area contributed by atoms with Crippen LogP contribution in [0.3, 0.4) is 0 Å². The van der Waals surface area contributed by atoms with Crippen molar-refractivity contribution in [3.63, 3.8) is 0 Å². The van der Waals surface area contributed by atoms with Gasteiger partial charge in [-0.3, -0.25) is 19.2 Å². The quantitative estimate of drug-likeness (QED) is 0.105. The average Bonchev–Trinajstić information content (AvgIpc) is 3.06. The summed E-state index contributed by atoms with van der Waals surface area (Å²) < 4.78 is 25.6. The fraction of sp³-hybridized carbons (Fsp3) is 0.359. The van der Waals surface area contributed by atoms with Gasteiger partial charge in [0.15, 0.2) is 0 Å². The van der Waals surface area contributed by atoms with E-state index < -0.39 is 42.0 Å². The molecule has 1 aliphatic carbocycles. The molecule has 3 aromatic rings. The summed E-state index contributed by atoms with van der Waals surface area (Å²) in [6, 6.07) is 15.3. The van der Waals surface area contributed by atoms with Crippen LogP contribution in [0.25, 0.3) is 0 Å². The van der Waals surface area contributed by atoms with Gasteiger partial charge in [-0.15, -0.1) is 0 Å². The molecule has 0 heterocycles. The number of ether oxygens (including phenoxy) is 2. The van der Waals surface area contributed by atoms with Crippen LogP contribution < -0.4 is 5.30 Å². The van der Waals surface area contributed by atoms with Crippen molar-refractivity contribution in [1.82, 2.24) is 0 Å². The topological polar surface area (TPSA) is 121 Å². The Hall–Kier alpha value is -4.42. The van der Waals surface area contributed by atoms with E-state index in [9.17, 15) is 28.5 Å². The first-order valence-corrected chi connectivity index (χ1v) is 17.9. The highest BCUT2D eigenvalue weighted by molar-refractivity contribution is 8.01. The van der Waals surface area contributed by atoms with Gasteiger partial charge in [0, 0.05) is 34.8 Å². The molecule has 3 atom stereocenters. The number of rotatable bonds is 13. The maximum Gasteiger partial charge on any atom is 0.330 e. The molecule has 1 fully saturated rings. The van der Waals surface area contributed by atoms with Crippen LogP contribution in [0.1, 0.15) is 86.2 Å². The van der Waals surface area contributed by atoms with Crippen molar-refractivity contribution in [2.45, 2.75) is 73.3 Å². The maximum absolute atomic E-state index is 15.0. The van der Waals surface area contributed by atoms with E-state index in [2.05, 4.69) is 6.58 Å². The molecule has 0 bridgehead atoms. The van der Waals surface area contributed by atoms with E-state index in [0.29, 0.717) is 40.7 Å².